The molecule has 1 unspecified atom stereocenters. The Morgan fingerprint density at radius 2 is 1.64 bits per heavy atom. The van der Waals surface area contributed by atoms with Gasteiger partial charge < -0.3 is 0 Å². The molecule has 0 radical (unpaired) electrons. The number of likely N-dealkylation sites (tertiary alicyclic amines) is 1. The summed E-state index contributed by atoms with van der Waals surface area (Å²) in [6, 6.07) is 1.56. The van der Waals surface area contributed by atoms with E-state index < -0.39 is 0 Å². The van der Waals surface area contributed by atoms with Gasteiger partial charge in [0.2, 0.25) is 0 Å². The molecule has 82 valence electrons. The average molecular weight is 216 g/mol. The van der Waals surface area contributed by atoms with Crippen molar-refractivity contribution in [1.29, 1.82) is 0 Å². The normalized spacial score (nSPS) is 31.9. The van der Waals surface area contributed by atoms with Crippen LogP contribution in [0.3, 0.4) is 0 Å². The van der Waals surface area contributed by atoms with Gasteiger partial charge in [-0.1, -0.05) is 25.7 Å². The predicted octanol–water partition coefficient (Wildman–Crippen LogP) is 3.41. The maximum absolute atomic E-state index is 6.05. The van der Waals surface area contributed by atoms with E-state index in [9.17, 15) is 0 Å². The molecule has 1 nitrogen and oxygen atoms in total. The summed E-state index contributed by atoms with van der Waals surface area (Å²) in [7, 11) is 0. The van der Waals surface area contributed by atoms with E-state index in [-0.39, 0.29) is 0 Å². The summed E-state index contributed by atoms with van der Waals surface area (Å²) in [6.45, 7) is 1.31. The molecule has 14 heavy (non-hydrogen) atoms. The third-order valence-electron chi connectivity index (χ3n) is 3.89. The molecule has 1 aliphatic carbocycles. The van der Waals surface area contributed by atoms with Crippen LogP contribution in [0.15, 0.2) is 0 Å². The molecule has 1 atom stereocenters. The van der Waals surface area contributed by atoms with Crippen molar-refractivity contribution in [1.82, 2.24) is 4.90 Å². The van der Waals surface area contributed by atoms with Gasteiger partial charge in [-0.3, -0.25) is 4.90 Å². The molecule has 0 N–H and O–H groups in total. The van der Waals surface area contributed by atoms with Gasteiger partial charge in [0.25, 0.3) is 0 Å². The Bertz CT molecular complexity index is 166. The van der Waals surface area contributed by atoms with Gasteiger partial charge in [0, 0.05) is 18.0 Å². The van der Waals surface area contributed by atoms with E-state index in [1.54, 1.807) is 0 Å². The molecule has 2 fully saturated rings. The quantitative estimate of drug-likeness (QED) is 0.639. The molecule has 2 rings (SSSR count). The molecule has 1 saturated heterocycles. The summed E-state index contributed by atoms with van der Waals surface area (Å²) in [4.78, 5) is 2.72. The van der Waals surface area contributed by atoms with E-state index in [1.807, 2.05) is 0 Å². The Labute approximate surface area is 92.8 Å². The number of rotatable bonds is 2. The zero-order valence-corrected chi connectivity index (χ0v) is 9.81. The summed E-state index contributed by atoms with van der Waals surface area (Å²) < 4.78 is 0. The second-order valence-electron chi connectivity index (χ2n) is 4.83. The first-order valence-electron chi connectivity index (χ1n) is 6.23. The minimum Gasteiger partial charge on any atom is -0.296 e. The Kier molecular flexibility index (Phi) is 4.12. The van der Waals surface area contributed by atoms with Crippen molar-refractivity contribution in [3.8, 4) is 0 Å². The van der Waals surface area contributed by atoms with E-state index >= 15 is 0 Å². The summed E-state index contributed by atoms with van der Waals surface area (Å²) >= 11 is 6.05. The molecule has 0 spiro atoms. The maximum atomic E-state index is 6.05. The highest BCUT2D eigenvalue weighted by Gasteiger charge is 2.28. The highest BCUT2D eigenvalue weighted by molar-refractivity contribution is 6.18. The summed E-state index contributed by atoms with van der Waals surface area (Å²) in [6.07, 6.45) is 11.3. The van der Waals surface area contributed by atoms with Crippen molar-refractivity contribution in [2.24, 2.45) is 0 Å². The van der Waals surface area contributed by atoms with E-state index in [0.29, 0.717) is 6.04 Å². The van der Waals surface area contributed by atoms with Gasteiger partial charge in [-0.15, -0.1) is 11.6 Å². The molecule has 0 bridgehead atoms. The molecule has 1 aliphatic heterocycles. The van der Waals surface area contributed by atoms with Crippen LogP contribution in [0.5, 0.6) is 0 Å². The number of piperidine rings is 1. The monoisotopic (exact) mass is 215 g/mol. The number of hydrogen-bond donors (Lipinski definition) is 0. The molecule has 2 heteroatoms. The fraction of sp³-hybridized carbons (Fsp3) is 1.00. The molecule has 0 aromatic rings. The molecule has 1 heterocycles. The zero-order valence-electron chi connectivity index (χ0n) is 9.05. The first kappa shape index (κ1) is 10.8. The lowest BCUT2D eigenvalue weighted by Gasteiger charge is -2.42. The second-order valence-corrected chi connectivity index (χ2v) is 5.14. The van der Waals surface area contributed by atoms with Crippen molar-refractivity contribution in [2.75, 3.05) is 12.4 Å². The molecule has 0 aromatic carbocycles. The fourth-order valence-corrected chi connectivity index (χ4v) is 3.41. The molecule has 1 saturated carbocycles. The van der Waals surface area contributed by atoms with Gasteiger partial charge >= 0.3 is 0 Å². The first-order chi connectivity index (χ1) is 6.92. The van der Waals surface area contributed by atoms with E-state index in [2.05, 4.69) is 4.90 Å². The van der Waals surface area contributed by atoms with Crippen LogP contribution in [0.1, 0.15) is 51.4 Å². The maximum Gasteiger partial charge on any atom is 0.0379 e. The molecule has 0 aromatic heterocycles. The van der Waals surface area contributed by atoms with Crippen LogP contribution in [0, 0.1) is 0 Å². The second kappa shape index (κ2) is 5.37. The first-order valence-corrected chi connectivity index (χ1v) is 6.77. The van der Waals surface area contributed by atoms with Crippen LogP contribution in [-0.4, -0.2) is 29.4 Å². The lowest BCUT2D eigenvalue weighted by atomic mass is 9.91. The number of hydrogen-bond acceptors (Lipinski definition) is 1. The minimum absolute atomic E-state index is 0.688. The predicted molar refractivity (Wildman–Crippen MR) is 61.9 cm³/mol. The highest BCUT2D eigenvalue weighted by atomic mass is 35.5. The average Bonchev–Trinajstić information content (AvgIpc) is 2.30. The van der Waals surface area contributed by atoms with Crippen LogP contribution in [0.25, 0.3) is 0 Å². The van der Waals surface area contributed by atoms with Gasteiger partial charge in [0.1, 0.15) is 0 Å². The molecular weight excluding hydrogens is 194 g/mol. The van der Waals surface area contributed by atoms with E-state index in [1.165, 1.54) is 57.9 Å². The van der Waals surface area contributed by atoms with Crippen molar-refractivity contribution in [3.05, 3.63) is 0 Å². The number of alkyl halides is 1. The van der Waals surface area contributed by atoms with Crippen LogP contribution in [-0.2, 0) is 0 Å². The van der Waals surface area contributed by atoms with Crippen LogP contribution in [0.2, 0.25) is 0 Å². The van der Waals surface area contributed by atoms with E-state index in [0.717, 1.165) is 11.9 Å². The Hall–Kier alpha value is 0.250. The highest BCUT2D eigenvalue weighted by Crippen LogP contribution is 2.28. The zero-order chi connectivity index (χ0) is 9.80. The Morgan fingerprint density at radius 1 is 0.929 bits per heavy atom. The van der Waals surface area contributed by atoms with Gasteiger partial charge in [-0.25, -0.2) is 0 Å². The third-order valence-corrected chi connectivity index (χ3v) is 4.25. The van der Waals surface area contributed by atoms with Crippen molar-refractivity contribution in [3.63, 3.8) is 0 Å². The molecular formula is C12H22ClN. The van der Waals surface area contributed by atoms with E-state index in [4.69, 9.17) is 11.6 Å². The number of nitrogens with zero attached hydrogens (tertiary/aromatic N) is 1. The Morgan fingerprint density at radius 3 is 2.36 bits per heavy atom. The van der Waals surface area contributed by atoms with Gasteiger partial charge in [0.15, 0.2) is 0 Å². The lowest BCUT2D eigenvalue weighted by molar-refractivity contribution is 0.0836. The SMILES string of the molecule is ClCC1CCCCN1C1CCCCC1. The molecule has 0 amide bonds. The third kappa shape index (κ3) is 2.43. The summed E-state index contributed by atoms with van der Waals surface area (Å²) in [5, 5.41) is 0. The topological polar surface area (TPSA) is 3.24 Å². The number of halogens is 1. The standard InChI is InChI=1S/C12H22ClN/c13-10-12-8-4-5-9-14(12)11-6-2-1-3-7-11/h11-12H,1-10H2. The van der Waals surface area contributed by atoms with Gasteiger partial charge in [0.05, 0.1) is 0 Å². The Balaban J connectivity index is 1.91. The van der Waals surface area contributed by atoms with Crippen LogP contribution < -0.4 is 0 Å². The minimum atomic E-state index is 0.688. The van der Waals surface area contributed by atoms with Crippen LogP contribution >= 0.6 is 11.6 Å². The summed E-state index contributed by atoms with van der Waals surface area (Å²) in [5.74, 6) is 0.844. The lowest BCUT2D eigenvalue weighted by Crippen LogP contribution is -2.47. The van der Waals surface area contributed by atoms with Gasteiger partial charge in [-0.2, -0.15) is 0 Å². The van der Waals surface area contributed by atoms with Crippen molar-refractivity contribution >= 4 is 11.6 Å². The molecule has 2 aliphatic rings. The van der Waals surface area contributed by atoms with Crippen molar-refractivity contribution in [2.45, 2.75) is 63.5 Å². The smallest absolute Gasteiger partial charge is 0.0379 e. The van der Waals surface area contributed by atoms with Gasteiger partial charge in [-0.05, 0) is 32.2 Å². The summed E-state index contributed by atoms with van der Waals surface area (Å²) in [5.41, 5.74) is 0. The largest absolute Gasteiger partial charge is 0.296 e. The fourth-order valence-electron chi connectivity index (χ4n) is 3.08. The van der Waals surface area contributed by atoms with Crippen molar-refractivity contribution < 1.29 is 0 Å². The van der Waals surface area contributed by atoms with Crippen LogP contribution in [0.4, 0.5) is 0 Å².